The fourth-order valence-corrected chi connectivity index (χ4v) is 4.09. The van der Waals surface area contributed by atoms with Crippen LogP contribution in [0.4, 0.5) is 5.69 Å². The van der Waals surface area contributed by atoms with Gasteiger partial charge in [0.25, 0.3) is 0 Å². The van der Waals surface area contributed by atoms with Gasteiger partial charge in [-0.1, -0.05) is 35.3 Å². The Morgan fingerprint density at radius 1 is 0.943 bits per heavy atom. The van der Waals surface area contributed by atoms with Crippen LogP contribution in [0.15, 0.2) is 36.4 Å². The molecule has 2 aromatic carbocycles. The smallest absolute Gasteiger partial charge is 0.397 e. The highest BCUT2D eigenvalue weighted by molar-refractivity contribution is 6.52. The maximum Gasteiger partial charge on any atom is 0.397 e. The van der Waals surface area contributed by atoms with E-state index >= 15 is 0 Å². The van der Waals surface area contributed by atoms with Crippen molar-refractivity contribution < 1.29 is 33.4 Å². The van der Waals surface area contributed by atoms with E-state index in [1.165, 1.54) is 17.0 Å². The van der Waals surface area contributed by atoms with Crippen molar-refractivity contribution in [2.45, 2.75) is 25.6 Å². The number of imide groups is 1. The van der Waals surface area contributed by atoms with Crippen molar-refractivity contribution in [1.29, 1.82) is 0 Å². The molecular weight excluding hydrogens is 501 g/mol. The van der Waals surface area contributed by atoms with Crippen LogP contribution in [-0.4, -0.2) is 54.8 Å². The topological polar surface area (TPSA) is 136 Å². The summed E-state index contributed by atoms with van der Waals surface area (Å²) in [4.78, 5) is 63.3. The number of carbonyl (C=O) groups is 5. The van der Waals surface area contributed by atoms with Gasteiger partial charge >= 0.3 is 23.8 Å². The second-order valence-electron chi connectivity index (χ2n) is 7.62. The summed E-state index contributed by atoms with van der Waals surface area (Å²) >= 11 is 12.1. The average Bonchev–Trinajstić information content (AvgIpc) is 3.27. The molecule has 35 heavy (non-hydrogen) atoms. The number of halogens is 2. The molecular formula is C23H21Cl2N3O7. The molecule has 0 saturated heterocycles. The number of anilines is 1. The standard InChI is InChI=1S/C23H21Cl2N3O7/c1-34-22(32)20(30)28(21(31)23(33)35-2)16-6-4-13-10-27(11-14(13)7-16)19(29)18(26)8-12-3-5-15(24)9-17(12)25/h3-7,9,18H,8,10-11,26H2,1-2H3. The highest BCUT2D eigenvalue weighted by Gasteiger charge is 2.36. The molecule has 2 N–H and O–H groups in total. The van der Waals surface area contributed by atoms with Crippen LogP contribution in [-0.2, 0) is 53.0 Å². The predicted octanol–water partition coefficient (Wildman–Crippen LogP) is 1.61. The van der Waals surface area contributed by atoms with Gasteiger partial charge in [0.1, 0.15) is 0 Å². The van der Waals surface area contributed by atoms with Gasteiger partial charge < -0.3 is 20.1 Å². The summed E-state index contributed by atoms with van der Waals surface area (Å²) in [5.41, 5.74) is 8.11. The number of fused-ring (bicyclic) bond motifs is 1. The summed E-state index contributed by atoms with van der Waals surface area (Å²) in [7, 11) is 1.93. The molecule has 1 aliphatic heterocycles. The molecule has 0 radical (unpaired) electrons. The van der Waals surface area contributed by atoms with Crippen LogP contribution in [0.25, 0.3) is 0 Å². The number of methoxy groups -OCH3 is 2. The van der Waals surface area contributed by atoms with E-state index in [4.69, 9.17) is 28.9 Å². The lowest BCUT2D eigenvalue weighted by Crippen LogP contribution is -2.45. The van der Waals surface area contributed by atoms with Gasteiger partial charge in [-0.25, -0.2) is 14.5 Å². The van der Waals surface area contributed by atoms with Crippen LogP contribution in [0.5, 0.6) is 0 Å². The fraction of sp³-hybridized carbons (Fsp3) is 0.261. The first kappa shape index (κ1) is 26.1. The summed E-state index contributed by atoms with van der Waals surface area (Å²) in [6.07, 6.45) is 0.196. The Labute approximate surface area is 210 Å². The summed E-state index contributed by atoms with van der Waals surface area (Å²) < 4.78 is 8.78. The lowest BCUT2D eigenvalue weighted by atomic mass is 10.1. The molecule has 0 saturated carbocycles. The minimum atomic E-state index is -1.37. The van der Waals surface area contributed by atoms with Crippen molar-refractivity contribution >= 4 is 58.5 Å². The van der Waals surface area contributed by atoms with Gasteiger partial charge in [0.15, 0.2) is 0 Å². The van der Waals surface area contributed by atoms with Crippen LogP contribution in [0.3, 0.4) is 0 Å². The molecule has 0 spiro atoms. The largest absolute Gasteiger partial charge is 0.462 e. The van der Waals surface area contributed by atoms with Gasteiger partial charge in [0.2, 0.25) is 5.91 Å². The molecule has 12 heteroatoms. The highest BCUT2D eigenvalue weighted by atomic mass is 35.5. The molecule has 184 valence electrons. The van der Waals surface area contributed by atoms with Crippen LogP contribution in [0.1, 0.15) is 16.7 Å². The van der Waals surface area contributed by atoms with Crippen LogP contribution in [0.2, 0.25) is 10.0 Å². The second kappa shape index (κ2) is 10.9. The third-order valence-corrected chi connectivity index (χ3v) is 5.97. The molecule has 3 amide bonds. The molecule has 2 aromatic rings. The Hall–Kier alpha value is -3.47. The van der Waals surface area contributed by atoms with Gasteiger partial charge in [0.05, 0.1) is 25.9 Å². The second-order valence-corrected chi connectivity index (χ2v) is 8.47. The van der Waals surface area contributed by atoms with Gasteiger partial charge in [-0.05, 0) is 47.4 Å². The lowest BCUT2D eigenvalue weighted by Gasteiger charge is -2.21. The number of esters is 2. The number of benzene rings is 2. The van der Waals surface area contributed by atoms with E-state index in [2.05, 4.69) is 9.47 Å². The quantitative estimate of drug-likeness (QED) is 0.473. The van der Waals surface area contributed by atoms with E-state index < -0.39 is 29.8 Å². The van der Waals surface area contributed by atoms with Crippen molar-refractivity contribution in [1.82, 2.24) is 4.90 Å². The normalized spacial score (nSPS) is 13.0. The average molecular weight is 522 g/mol. The number of amides is 3. The lowest BCUT2D eigenvalue weighted by molar-refractivity contribution is -0.156. The van der Waals surface area contributed by atoms with Crippen LogP contribution in [0, 0.1) is 0 Å². The fourth-order valence-electron chi connectivity index (χ4n) is 3.61. The maximum absolute atomic E-state index is 13.0. The Balaban J connectivity index is 1.80. The van der Waals surface area contributed by atoms with Crippen molar-refractivity contribution in [3.8, 4) is 0 Å². The zero-order valence-electron chi connectivity index (χ0n) is 18.7. The van der Waals surface area contributed by atoms with Gasteiger partial charge in [-0.3, -0.25) is 14.4 Å². The first-order chi connectivity index (χ1) is 16.6. The van der Waals surface area contributed by atoms with E-state index in [1.54, 1.807) is 24.3 Å². The number of ether oxygens (including phenoxy) is 2. The van der Waals surface area contributed by atoms with Gasteiger partial charge in [-0.2, -0.15) is 0 Å². The minimum Gasteiger partial charge on any atom is -0.462 e. The van der Waals surface area contributed by atoms with Crippen molar-refractivity contribution in [2.24, 2.45) is 5.73 Å². The van der Waals surface area contributed by atoms with Crippen molar-refractivity contribution in [3.05, 3.63) is 63.1 Å². The zero-order valence-corrected chi connectivity index (χ0v) is 20.3. The summed E-state index contributed by atoms with van der Waals surface area (Å²) in [6.45, 7) is 0.378. The van der Waals surface area contributed by atoms with Gasteiger partial charge in [0, 0.05) is 23.1 Å². The van der Waals surface area contributed by atoms with E-state index in [0.717, 1.165) is 19.8 Å². The summed E-state index contributed by atoms with van der Waals surface area (Å²) in [6, 6.07) is 8.45. The van der Waals surface area contributed by atoms with Crippen molar-refractivity contribution in [2.75, 3.05) is 19.1 Å². The highest BCUT2D eigenvalue weighted by Crippen LogP contribution is 2.29. The number of carbonyl (C=O) groups excluding carboxylic acids is 5. The monoisotopic (exact) mass is 521 g/mol. The number of nitrogens with two attached hydrogens (primary N) is 1. The van der Waals surface area contributed by atoms with Crippen molar-refractivity contribution in [3.63, 3.8) is 0 Å². The van der Waals surface area contributed by atoms with Crippen LogP contribution < -0.4 is 10.6 Å². The molecule has 1 atom stereocenters. The predicted molar refractivity (Wildman–Crippen MR) is 125 cm³/mol. The molecule has 1 aliphatic rings. The molecule has 0 aliphatic carbocycles. The van der Waals surface area contributed by atoms with Gasteiger partial charge in [-0.15, -0.1) is 0 Å². The Bertz CT molecular complexity index is 1190. The van der Waals surface area contributed by atoms with E-state index in [0.29, 0.717) is 26.1 Å². The van der Waals surface area contributed by atoms with E-state index in [9.17, 15) is 24.0 Å². The minimum absolute atomic E-state index is 0.0545. The third kappa shape index (κ3) is 5.61. The summed E-state index contributed by atoms with van der Waals surface area (Å²) in [5, 5.41) is 0.871. The number of hydrogen-bond donors (Lipinski definition) is 1. The SMILES string of the molecule is COC(=O)C(=O)N(C(=O)C(=O)OC)c1ccc2c(c1)CN(C(=O)C(N)Cc1ccc(Cl)cc1Cl)C2. The van der Waals surface area contributed by atoms with Crippen LogP contribution >= 0.6 is 23.2 Å². The maximum atomic E-state index is 13.0. The Morgan fingerprint density at radius 3 is 2.11 bits per heavy atom. The number of nitrogens with zero attached hydrogens (tertiary/aromatic N) is 2. The summed E-state index contributed by atoms with van der Waals surface area (Å²) in [5.74, 6) is -5.74. The molecule has 0 aromatic heterocycles. The Morgan fingerprint density at radius 2 is 1.54 bits per heavy atom. The molecule has 0 fully saturated rings. The molecule has 1 heterocycles. The molecule has 1 unspecified atom stereocenters. The number of rotatable bonds is 4. The Kier molecular flexibility index (Phi) is 8.11. The third-order valence-electron chi connectivity index (χ3n) is 5.38. The first-order valence-electron chi connectivity index (χ1n) is 10.2. The van der Waals surface area contributed by atoms with E-state index in [1.807, 2.05) is 0 Å². The molecule has 10 nitrogen and oxygen atoms in total. The number of hydrogen-bond acceptors (Lipinski definition) is 8. The molecule has 0 bridgehead atoms. The molecule has 3 rings (SSSR count). The zero-order chi connectivity index (χ0) is 25.9. The first-order valence-corrected chi connectivity index (χ1v) is 11.0. The van der Waals surface area contributed by atoms with E-state index in [-0.39, 0.29) is 31.1 Å².